The van der Waals surface area contributed by atoms with E-state index in [1.165, 1.54) is 12.1 Å². The number of hydrogen-bond donors (Lipinski definition) is 2. The summed E-state index contributed by atoms with van der Waals surface area (Å²) in [7, 11) is 0. The minimum Gasteiger partial charge on any atom is -0.459 e. The van der Waals surface area contributed by atoms with Gasteiger partial charge in [0.25, 0.3) is 0 Å². The van der Waals surface area contributed by atoms with Crippen molar-refractivity contribution in [2.24, 2.45) is 11.3 Å². The SMILES string of the molecule is Cc1c(C(NN)C(C)(C)C)oc2ccc(F)cc12. The van der Waals surface area contributed by atoms with E-state index < -0.39 is 0 Å². The number of rotatable bonds is 2. The lowest BCUT2D eigenvalue weighted by atomic mass is 9.84. The van der Waals surface area contributed by atoms with Crippen LogP contribution in [0, 0.1) is 18.2 Å². The highest BCUT2D eigenvalue weighted by molar-refractivity contribution is 5.82. The molecule has 1 unspecified atom stereocenters. The van der Waals surface area contributed by atoms with Crippen molar-refractivity contribution in [2.75, 3.05) is 0 Å². The predicted octanol–water partition coefficient (Wildman–Crippen LogP) is 3.43. The smallest absolute Gasteiger partial charge is 0.134 e. The average molecular weight is 250 g/mol. The zero-order valence-electron chi connectivity index (χ0n) is 11.2. The van der Waals surface area contributed by atoms with Gasteiger partial charge in [-0.1, -0.05) is 20.8 Å². The van der Waals surface area contributed by atoms with Gasteiger partial charge in [0.15, 0.2) is 0 Å². The van der Waals surface area contributed by atoms with Gasteiger partial charge in [-0.05, 0) is 30.5 Å². The van der Waals surface area contributed by atoms with Crippen molar-refractivity contribution >= 4 is 11.0 Å². The Bertz CT molecular complexity index is 569. The van der Waals surface area contributed by atoms with Crippen molar-refractivity contribution in [1.29, 1.82) is 0 Å². The van der Waals surface area contributed by atoms with Crippen molar-refractivity contribution in [2.45, 2.75) is 33.7 Å². The molecule has 0 aliphatic rings. The first-order chi connectivity index (χ1) is 8.34. The van der Waals surface area contributed by atoms with Gasteiger partial charge in [0.1, 0.15) is 17.2 Å². The van der Waals surface area contributed by atoms with Gasteiger partial charge in [-0.15, -0.1) is 0 Å². The molecule has 0 spiro atoms. The fourth-order valence-corrected chi connectivity index (χ4v) is 2.21. The number of aryl methyl sites for hydroxylation is 1. The number of benzene rings is 1. The van der Waals surface area contributed by atoms with Crippen LogP contribution < -0.4 is 11.3 Å². The predicted molar refractivity (Wildman–Crippen MR) is 70.4 cm³/mol. The number of fused-ring (bicyclic) bond motifs is 1. The van der Waals surface area contributed by atoms with Crippen LogP contribution >= 0.6 is 0 Å². The second-order valence-corrected chi connectivity index (χ2v) is 5.70. The maximum Gasteiger partial charge on any atom is 0.134 e. The molecule has 1 aromatic heterocycles. The first-order valence-electron chi connectivity index (χ1n) is 5.99. The van der Waals surface area contributed by atoms with Gasteiger partial charge >= 0.3 is 0 Å². The molecule has 0 bridgehead atoms. The first-order valence-corrected chi connectivity index (χ1v) is 5.99. The molecule has 0 saturated carbocycles. The second-order valence-electron chi connectivity index (χ2n) is 5.70. The van der Waals surface area contributed by atoms with Crippen LogP contribution in [0.1, 0.15) is 38.1 Å². The lowest BCUT2D eigenvalue weighted by Crippen LogP contribution is -2.37. The maximum absolute atomic E-state index is 13.3. The molecule has 0 radical (unpaired) electrons. The van der Waals surface area contributed by atoms with E-state index in [2.05, 4.69) is 26.2 Å². The minimum atomic E-state index is -0.258. The van der Waals surface area contributed by atoms with Crippen molar-refractivity contribution in [3.8, 4) is 0 Å². The molecule has 1 heterocycles. The third-order valence-corrected chi connectivity index (χ3v) is 3.23. The topological polar surface area (TPSA) is 51.2 Å². The molecule has 0 saturated heterocycles. The van der Waals surface area contributed by atoms with Crippen LogP contribution in [0.15, 0.2) is 22.6 Å². The van der Waals surface area contributed by atoms with Crippen LogP contribution in [-0.4, -0.2) is 0 Å². The van der Waals surface area contributed by atoms with Crippen LogP contribution in [0.5, 0.6) is 0 Å². The molecule has 1 aromatic carbocycles. The van der Waals surface area contributed by atoms with E-state index in [0.29, 0.717) is 5.58 Å². The molecule has 0 aliphatic heterocycles. The zero-order valence-corrected chi connectivity index (χ0v) is 11.2. The number of furan rings is 1. The Kier molecular flexibility index (Phi) is 3.17. The molecule has 4 heteroatoms. The van der Waals surface area contributed by atoms with E-state index in [4.69, 9.17) is 10.3 Å². The molecule has 0 aliphatic carbocycles. The van der Waals surface area contributed by atoms with E-state index in [1.807, 2.05) is 6.92 Å². The summed E-state index contributed by atoms with van der Waals surface area (Å²) in [6.07, 6.45) is 0. The maximum atomic E-state index is 13.3. The van der Waals surface area contributed by atoms with Crippen molar-refractivity contribution in [3.05, 3.63) is 35.3 Å². The Balaban J connectivity index is 2.61. The molecular weight excluding hydrogens is 231 g/mol. The summed E-state index contributed by atoms with van der Waals surface area (Å²) < 4.78 is 19.1. The van der Waals surface area contributed by atoms with E-state index in [-0.39, 0.29) is 17.3 Å². The summed E-state index contributed by atoms with van der Waals surface area (Å²) in [6.45, 7) is 8.15. The van der Waals surface area contributed by atoms with Gasteiger partial charge in [-0.2, -0.15) is 0 Å². The van der Waals surface area contributed by atoms with Gasteiger partial charge in [0.2, 0.25) is 0 Å². The Morgan fingerprint density at radius 1 is 1.33 bits per heavy atom. The number of hydrazine groups is 1. The van der Waals surface area contributed by atoms with Crippen LogP contribution in [0.2, 0.25) is 0 Å². The van der Waals surface area contributed by atoms with Crippen molar-refractivity contribution in [1.82, 2.24) is 5.43 Å². The van der Waals surface area contributed by atoms with Gasteiger partial charge < -0.3 is 4.42 Å². The molecule has 18 heavy (non-hydrogen) atoms. The van der Waals surface area contributed by atoms with Gasteiger partial charge in [0.05, 0.1) is 6.04 Å². The molecule has 0 amide bonds. The van der Waals surface area contributed by atoms with Gasteiger partial charge in [-0.3, -0.25) is 5.84 Å². The highest BCUT2D eigenvalue weighted by Crippen LogP contribution is 2.38. The van der Waals surface area contributed by atoms with E-state index in [1.54, 1.807) is 6.07 Å². The first kappa shape index (κ1) is 13.1. The molecular formula is C14H19FN2O. The standard InChI is InChI=1S/C14H19FN2O/c1-8-10-7-9(15)5-6-11(10)18-12(8)13(17-16)14(2,3)4/h5-7,13,17H,16H2,1-4H3. The molecule has 1 atom stereocenters. The van der Waals surface area contributed by atoms with Crippen LogP contribution in [0.4, 0.5) is 4.39 Å². The van der Waals surface area contributed by atoms with Gasteiger partial charge in [0, 0.05) is 10.9 Å². The van der Waals surface area contributed by atoms with Gasteiger partial charge in [-0.25, -0.2) is 9.82 Å². The van der Waals surface area contributed by atoms with Crippen LogP contribution in [0.3, 0.4) is 0 Å². The number of nitrogens with two attached hydrogens (primary N) is 1. The van der Waals surface area contributed by atoms with Crippen LogP contribution in [-0.2, 0) is 0 Å². The Morgan fingerprint density at radius 2 is 2.00 bits per heavy atom. The van der Waals surface area contributed by atoms with E-state index >= 15 is 0 Å². The third-order valence-electron chi connectivity index (χ3n) is 3.23. The number of hydrogen-bond acceptors (Lipinski definition) is 3. The summed E-state index contributed by atoms with van der Waals surface area (Å²) in [6, 6.07) is 4.43. The molecule has 98 valence electrons. The van der Waals surface area contributed by atoms with Crippen LogP contribution in [0.25, 0.3) is 11.0 Å². The second kappa shape index (κ2) is 4.37. The summed E-state index contributed by atoms with van der Waals surface area (Å²) in [5.41, 5.74) is 4.32. The highest BCUT2D eigenvalue weighted by atomic mass is 19.1. The largest absolute Gasteiger partial charge is 0.459 e. The number of halogens is 1. The third kappa shape index (κ3) is 2.13. The summed E-state index contributed by atoms with van der Waals surface area (Å²) in [4.78, 5) is 0. The summed E-state index contributed by atoms with van der Waals surface area (Å²) in [5, 5.41) is 0.800. The Labute approximate surface area is 106 Å². The summed E-state index contributed by atoms with van der Waals surface area (Å²) >= 11 is 0. The van der Waals surface area contributed by atoms with Crippen molar-refractivity contribution < 1.29 is 8.81 Å². The lowest BCUT2D eigenvalue weighted by Gasteiger charge is -2.28. The molecule has 3 nitrogen and oxygen atoms in total. The monoisotopic (exact) mass is 250 g/mol. The Morgan fingerprint density at radius 3 is 2.56 bits per heavy atom. The molecule has 0 fully saturated rings. The van der Waals surface area contributed by atoms with E-state index in [0.717, 1.165) is 16.7 Å². The fourth-order valence-electron chi connectivity index (χ4n) is 2.21. The summed E-state index contributed by atoms with van der Waals surface area (Å²) in [5.74, 6) is 6.14. The average Bonchev–Trinajstić information content (AvgIpc) is 2.56. The molecule has 3 N–H and O–H groups in total. The fraction of sp³-hybridized carbons (Fsp3) is 0.429. The van der Waals surface area contributed by atoms with E-state index in [9.17, 15) is 4.39 Å². The number of nitrogens with one attached hydrogen (secondary N) is 1. The molecule has 2 rings (SSSR count). The lowest BCUT2D eigenvalue weighted by molar-refractivity contribution is 0.242. The Hall–Kier alpha value is -1.39. The normalized spacial score (nSPS) is 14.1. The minimum absolute atomic E-state index is 0.0913. The quantitative estimate of drug-likeness (QED) is 0.634. The van der Waals surface area contributed by atoms with Crippen molar-refractivity contribution in [3.63, 3.8) is 0 Å². The highest BCUT2D eigenvalue weighted by Gasteiger charge is 2.30. The molecule has 2 aromatic rings. The zero-order chi connectivity index (χ0) is 13.5.